The molecular formula is C65H98N10. The highest BCUT2D eigenvalue weighted by molar-refractivity contribution is 6.05. The average Bonchev–Trinajstić information content (AvgIpc) is 3.46. The highest BCUT2D eigenvalue weighted by Gasteiger charge is 2.44. The number of hydrogen-bond donors (Lipinski definition) is 2. The summed E-state index contributed by atoms with van der Waals surface area (Å²) < 4.78 is 0. The summed E-state index contributed by atoms with van der Waals surface area (Å²) >= 11 is 0. The standard InChI is InChI=1S/C65H98N10/c1-11-17-50-71(51-18-12-2)63-62(70(48-13-3)49-14-4)60(69(15-5)16-6)59(65(66-8)68(9)10)61(64(63)72(54-39-26-20-27-40-54)55-41-28-21-29-42-55)74(58-47-35-34-36-52(58)7)75(67-53-37-24-19-25-38-53)73(56-43-30-22-31-44-56)57-45-32-23-33-46-57/h19,22-25,30-38,43-47,54-55,65-67H,11-18,20-21,26-29,39-42,48-51H2,1-10H3. The molecule has 2 fully saturated rings. The van der Waals surface area contributed by atoms with Crippen molar-refractivity contribution in [2.45, 2.75) is 169 Å². The van der Waals surface area contributed by atoms with Crippen molar-refractivity contribution in [3.63, 3.8) is 0 Å². The molecule has 7 rings (SSSR count). The van der Waals surface area contributed by atoms with Gasteiger partial charge in [0.1, 0.15) is 0 Å². The SMILES string of the molecule is CCCCN(CCCC)c1c(N(CCC)CCC)c(N(CC)CC)c(C(NC)N(C)C)c(N(c2ccccc2C)N(Nc2ccccc2)N(c2ccccc2)c2ccccc2)c1N(C1CCCCC1)C1CCCCC1. The predicted molar refractivity (Wildman–Crippen MR) is 327 cm³/mol. The first-order chi connectivity index (χ1) is 36.8. The van der Waals surface area contributed by atoms with Gasteiger partial charge in [-0.1, -0.05) is 152 Å². The number of hydrogen-bond acceptors (Lipinski definition) is 10. The first-order valence-electron chi connectivity index (χ1n) is 29.7. The van der Waals surface area contributed by atoms with Crippen LogP contribution in [0.15, 0.2) is 115 Å². The Balaban J connectivity index is 1.86. The zero-order chi connectivity index (χ0) is 53.1. The van der Waals surface area contributed by atoms with Gasteiger partial charge in [0.05, 0.1) is 57.4 Å². The average molecular weight is 1020 g/mol. The van der Waals surface area contributed by atoms with Crippen LogP contribution in [0.2, 0.25) is 0 Å². The molecule has 0 radical (unpaired) electrons. The molecule has 75 heavy (non-hydrogen) atoms. The number of benzene rings is 5. The third-order valence-corrected chi connectivity index (χ3v) is 15.9. The highest BCUT2D eigenvalue weighted by atomic mass is 16.0. The Hall–Kier alpha value is -5.42. The van der Waals surface area contributed by atoms with E-state index >= 15 is 0 Å². The summed E-state index contributed by atoms with van der Waals surface area (Å²) in [5.74, 6) is 0. The fourth-order valence-corrected chi connectivity index (χ4v) is 12.3. The molecule has 5 aromatic rings. The summed E-state index contributed by atoms with van der Waals surface area (Å²) in [4.78, 5) is 14.1. The molecule has 0 heterocycles. The van der Waals surface area contributed by atoms with Crippen molar-refractivity contribution < 1.29 is 0 Å². The maximum Gasteiger partial charge on any atom is 0.0955 e. The molecule has 1 unspecified atom stereocenters. The van der Waals surface area contributed by atoms with E-state index in [1.54, 1.807) is 0 Å². The van der Waals surface area contributed by atoms with Gasteiger partial charge in [0.25, 0.3) is 0 Å². The zero-order valence-corrected chi connectivity index (χ0v) is 48.3. The zero-order valence-electron chi connectivity index (χ0n) is 48.3. The van der Waals surface area contributed by atoms with Crippen molar-refractivity contribution in [3.05, 3.63) is 126 Å². The monoisotopic (exact) mass is 1020 g/mol. The minimum absolute atomic E-state index is 0.182. The maximum atomic E-state index is 4.21. The lowest BCUT2D eigenvalue weighted by atomic mass is 9.86. The summed E-state index contributed by atoms with van der Waals surface area (Å²) in [7, 11) is 6.76. The molecule has 0 saturated heterocycles. The largest absolute Gasteiger partial charge is 0.370 e. The van der Waals surface area contributed by atoms with E-state index in [4.69, 9.17) is 0 Å². The van der Waals surface area contributed by atoms with Crippen LogP contribution in [0, 0.1) is 6.92 Å². The second-order valence-corrected chi connectivity index (χ2v) is 21.5. The van der Waals surface area contributed by atoms with Crippen molar-refractivity contribution in [1.29, 1.82) is 0 Å². The van der Waals surface area contributed by atoms with E-state index in [0.717, 1.165) is 101 Å². The summed E-state index contributed by atoms with van der Waals surface area (Å²) in [6.07, 6.45) is 19.0. The van der Waals surface area contributed by atoms with Crippen LogP contribution in [0.3, 0.4) is 0 Å². The van der Waals surface area contributed by atoms with E-state index in [1.807, 2.05) is 0 Å². The lowest BCUT2D eigenvalue weighted by Crippen LogP contribution is -2.55. The van der Waals surface area contributed by atoms with Gasteiger partial charge in [0.15, 0.2) is 0 Å². The van der Waals surface area contributed by atoms with Gasteiger partial charge < -0.3 is 24.9 Å². The highest BCUT2D eigenvalue weighted by Crippen LogP contribution is 2.60. The predicted octanol–water partition coefficient (Wildman–Crippen LogP) is 16.3. The number of nitrogens with one attached hydrogen (secondary N) is 2. The number of unbranched alkanes of at least 4 members (excludes halogenated alkanes) is 2. The molecule has 10 nitrogen and oxygen atoms in total. The second kappa shape index (κ2) is 29.2. The Bertz CT molecular complexity index is 2320. The summed E-state index contributed by atoms with van der Waals surface area (Å²) in [5, 5.41) is 11.5. The maximum absolute atomic E-state index is 4.21. The number of nitrogens with zero attached hydrogens (tertiary/aromatic N) is 8. The Morgan fingerprint density at radius 1 is 0.480 bits per heavy atom. The van der Waals surface area contributed by atoms with E-state index in [-0.39, 0.29) is 6.17 Å². The number of rotatable bonds is 29. The van der Waals surface area contributed by atoms with E-state index < -0.39 is 0 Å². The third-order valence-electron chi connectivity index (χ3n) is 15.9. The van der Waals surface area contributed by atoms with Crippen LogP contribution in [0.5, 0.6) is 0 Å². The molecule has 0 amide bonds. The molecule has 0 bridgehead atoms. The van der Waals surface area contributed by atoms with Gasteiger partial charge in [-0.05, 0) is 147 Å². The molecule has 0 aliphatic heterocycles. The van der Waals surface area contributed by atoms with Crippen LogP contribution in [0.4, 0.5) is 51.2 Å². The summed E-state index contributed by atoms with van der Waals surface area (Å²) in [6.45, 7) is 22.4. The van der Waals surface area contributed by atoms with Gasteiger partial charge in [-0.3, -0.25) is 10.3 Å². The van der Waals surface area contributed by atoms with Crippen LogP contribution in [-0.2, 0) is 0 Å². The van der Waals surface area contributed by atoms with E-state index in [2.05, 4.69) is 235 Å². The molecule has 5 aromatic carbocycles. The number of anilines is 9. The van der Waals surface area contributed by atoms with Crippen molar-refractivity contribution in [3.8, 4) is 0 Å². The van der Waals surface area contributed by atoms with Crippen molar-refractivity contribution in [2.24, 2.45) is 0 Å². The number of aryl methyl sites for hydroxylation is 1. The Morgan fingerprint density at radius 2 is 0.947 bits per heavy atom. The van der Waals surface area contributed by atoms with Crippen molar-refractivity contribution >= 4 is 51.2 Å². The van der Waals surface area contributed by atoms with Gasteiger partial charge in [-0.2, -0.15) is 0 Å². The quantitative estimate of drug-likeness (QED) is 0.0358. The molecule has 2 N–H and O–H groups in total. The van der Waals surface area contributed by atoms with E-state index in [9.17, 15) is 0 Å². The molecule has 408 valence electrons. The Kier molecular flexibility index (Phi) is 22.3. The minimum atomic E-state index is -0.182. The topological polar surface area (TPSA) is 50.0 Å². The van der Waals surface area contributed by atoms with Crippen molar-refractivity contribution in [1.82, 2.24) is 15.4 Å². The van der Waals surface area contributed by atoms with E-state index in [0.29, 0.717) is 12.1 Å². The van der Waals surface area contributed by atoms with Gasteiger partial charge in [-0.15, -0.1) is 0 Å². The molecule has 2 aliphatic carbocycles. The molecule has 1 atom stereocenters. The fraction of sp³-hybridized carbons (Fsp3) is 0.538. The molecule has 0 spiro atoms. The molecule has 2 aliphatic rings. The van der Waals surface area contributed by atoms with Crippen LogP contribution < -0.4 is 40.4 Å². The Labute approximate surface area is 456 Å². The van der Waals surface area contributed by atoms with Crippen LogP contribution in [-0.4, -0.2) is 82.6 Å². The fourth-order valence-electron chi connectivity index (χ4n) is 12.3. The van der Waals surface area contributed by atoms with Crippen LogP contribution in [0.25, 0.3) is 0 Å². The van der Waals surface area contributed by atoms with Crippen LogP contribution >= 0.6 is 0 Å². The van der Waals surface area contributed by atoms with Gasteiger partial charge in [-0.25, -0.2) is 10.0 Å². The van der Waals surface area contributed by atoms with Crippen LogP contribution in [0.1, 0.15) is 162 Å². The molecule has 0 aromatic heterocycles. The number of para-hydroxylation sites is 4. The summed E-state index contributed by atoms with van der Waals surface area (Å²) in [5.41, 5.74) is 17.8. The lowest BCUT2D eigenvalue weighted by Gasteiger charge is -2.52. The van der Waals surface area contributed by atoms with Gasteiger partial charge >= 0.3 is 0 Å². The first-order valence-corrected chi connectivity index (χ1v) is 29.7. The molecule has 10 heteroatoms. The lowest BCUT2D eigenvalue weighted by molar-refractivity contribution is 0.262. The normalized spacial score (nSPS) is 14.8. The number of hydrazine groups is 3. The smallest absolute Gasteiger partial charge is 0.0955 e. The van der Waals surface area contributed by atoms with E-state index in [1.165, 1.54) is 104 Å². The molecule has 2 saturated carbocycles. The van der Waals surface area contributed by atoms with Gasteiger partial charge in [0.2, 0.25) is 0 Å². The molecular weight excluding hydrogens is 921 g/mol. The Morgan fingerprint density at radius 3 is 1.40 bits per heavy atom. The summed E-state index contributed by atoms with van der Waals surface area (Å²) in [6, 6.07) is 42.9. The first kappa shape index (κ1) is 57.3. The van der Waals surface area contributed by atoms with Gasteiger partial charge in [0, 0.05) is 56.9 Å². The van der Waals surface area contributed by atoms with Crippen molar-refractivity contribution in [2.75, 3.05) is 95.5 Å². The second-order valence-electron chi connectivity index (χ2n) is 21.5. The third kappa shape index (κ3) is 13.6. The minimum Gasteiger partial charge on any atom is -0.370 e.